The first-order valence-corrected chi connectivity index (χ1v) is 19.0. The second-order valence-corrected chi connectivity index (χ2v) is 15.4. The van der Waals surface area contributed by atoms with E-state index in [-0.39, 0.29) is 28.8 Å². The molecule has 0 bridgehead atoms. The number of halogens is 1. The average molecular weight is 742 g/mol. The molecule has 0 aliphatic carbocycles. The molecule has 8 rings (SSSR count). The second-order valence-electron chi connectivity index (χ2n) is 14.3. The molecular formula is C43H40FN5O4S. The zero-order chi connectivity index (χ0) is 37.4. The van der Waals surface area contributed by atoms with Crippen LogP contribution in [0.25, 0.3) is 11.6 Å². The molecule has 9 nitrogen and oxygen atoms in total. The van der Waals surface area contributed by atoms with Crippen LogP contribution in [0.2, 0.25) is 0 Å². The van der Waals surface area contributed by atoms with Crippen LogP contribution in [0.5, 0.6) is 0 Å². The minimum Gasteiger partial charge on any atom is -0.381 e. The maximum Gasteiger partial charge on any atom is 0.265 e. The van der Waals surface area contributed by atoms with Crippen LogP contribution in [0, 0.1) is 25.1 Å². The number of rotatable bonds is 7. The first kappa shape index (κ1) is 35.4. The smallest absolute Gasteiger partial charge is 0.265 e. The molecule has 3 aliphatic rings. The van der Waals surface area contributed by atoms with Crippen LogP contribution >= 0.6 is 11.3 Å². The Hall–Kier alpha value is -5.65. The molecular weight excluding hydrogens is 702 g/mol. The summed E-state index contributed by atoms with van der Waals surface area (Å²) >= 11 is 1.33. The molecule has 5 heterocycles. The highest BCUT2D eigenvalue weighted by molar-refractivity contribution is 7.15. The van der Waals surface area contributed by atoms with Crippen LogP contribution in [0.4, 0.5) is 27.3 Å². The monoisotopic (exact) mass is 741 g/mol. The van der Waals surface area contributed by atoms with Gasteiger partial charge in [-0.1, -0.05) is 30.3 Å². The molecule has 54 heavy (non-hydrogen) atoms. The molecule has 3 aliphatic heterocycles. The molecule has 1 spiro atoms. The number of para-hydroxylation sites is 2. The average Bonchev–Trinajstić information content (AvgIpc) is 3.58. The summed E-state index contributed by atoms with van der Waals surface area (Å²) in [6, 6.07) is 26.7. The van der Waals surface area contributed by atoms with Crippen molar-refractivity contribution in [3.05, 3.63) is 135 Å². The Kier molecular flexibility index (Phi) is 9.59. The molecule has 3 aromatic carbocycles. The van der Waals surface area contributed by atoms with Crippen molar-refractivity contribution in [1.82, 2.24) is 4.98 Å². The van der Waals surface area contributed by atoms with Crippen LogP contribution in [-0.4, -0.2) is 55.6 Å². The number of pyridine rings is 1. The van der Waals surface area contributed by atoms with E-state index < -0.39 is 5.82 Å². The van der Waals surface area contributed by atoms with Gasteiger partial charge in [0, 0.05) is 60.1 Å². The summed E-state index contributed by atoms with van der Waals surface area (Å²) < 4.78 is 20.0. The Morgan fingerprint density at radius 2 is 1.63 bits per heavy atom. The van der Waals surface area contributed by atoms with Gasteiger partial charge >= 0.3 is 0 Å². The number of aryl methyl sites for hydroxylation is 2. The van der Waals surface area contributed by atoms with Gasteiger partial charge in [0.15, 0.2) is 0 Å². The summed E-state index contributed by atoms with van der Waals surface area (Å²) in [6.07, 6.45) is 4.67. The Bertz CT molecular complexity index is 2270. The summed E-state index contributed by atoms with van der Waals surface area (Å²) in [4.78, 5) is 50.8. The number of hydrogen-bond acceptors (Lipinski definition) is 7. The lowest BCUT2D eigenvalue weighted by molar-refractivity contribution is -0.000519. The van der Waals surface area contributed by atoms with E-state index in [0.29, 0.717) is 46.0 Å². The fourth-order valence-electron chi connectivity index (χ4n) is 7.52. The van der Waals surface area contributed by atoms with Gasteiger partial charge in [-0.15, -0.1) is 11.3 Å². The minimum atomic E-state index is -0.480. The molecule has 11 heteroatoms. The lowest BCUT2D eigenvalue weighted by Gasteiger charge is -2.53. The van der Waals surface area contributed by atoms with Crippen molar-refractivity contribution >= 4 is 63.6 Å². The Labute approximate surface area is 317 Å². The van der Waals surface area contributed by atoms with E-state index in [2.05, 4.69) is 21.6 Å². The van der Waals surface area contributed by atoms with Gasteiger partial charge < -0.3 is 25.2 Å². The summed E-state index contributed by atoms with van der Waals surface area (Å²) in [5.41, 5.74) is 6.17. The van der Waals surface area contributed by atoms with Gasteiger partial charge in [0.2, 0.25) is 0 Å². The number of nitrogens with zero attached hydrogens (tertiary/aromatic N) is 3. The van der Waals surface area contributed by atoms with E-state index in [0.717, 1.165) is 66.5 Å². The third-order valence-corrected chi connectivity index (χ3v) is 11.7. The summed E-state index contributed by atoms with van der Waals surface area (Å²) in [6.45, 7) is 7.39. The Morgan fingerprint density at radius 3 is 2.41 bits per heavy atom. The van der Waals surface area contributed by atoms with Gasteiger partial charge in [-0.25, -0.2) is 9.37 Å². The van der Waals surface area contributed by atoms with Crippen molar-refractivity contribution in [2.24, 2.45) is 5.41 Å². The number of hydrogen-bond donors (Lipinski definition) is 2. The maximum atomic E-state index is 14.4. The largest absolute Gasteiger partial charge is 0.381 e. The van der Waals surface area contributed by atoms with E-state index in [1.54, 1.807) is 54.3 Å². The number of carbonyl (C=O) groups excluding carboxylic acids is 3. The normalized spacial score (nSPS) is 16.2. The van der Waals surface area contributed by atoms with Gasteiger partial charge in [0.25, 0.3) is 17.7 Å². The number of anilines is 4. The van der Waals surface area contributed by atoms with Crippen molar-refractivity contribution < 1.29 is 23.5 Å². The van der Waals surface area contributed by atoms with Gasteiger partial charge in [-0.3, -0.25) is 14.4 Å². The molecule has 0 saturated carbocycles. The Balaban J connectivity index is 0.948. The van der Waals surface area contributed by atoms with Crippen LogP contribution in [0.1, 0.15) is 71.3 Å². The number of benzene rings is 3. The van der Waals surface area contributed by atoms with Crippen LogP contribution < -0.4 is 20.4 Å². The zero-order valence-electron chi connectivity index (χ0n) is 30.2. The third kappa shape index (κ3) is 7.04. The predicted octanol–water partition coefficient (Wildman–Crippen LogP) is 8.61. The minimum absolute atomic E-state index is 0.161. The maximum absolute atomic E-state index is 14.4. The molecule has 0 radical (unpaired) electrons. The van der Waals surface area contributed by atoms with Gasteiger partial charge in [0.05, 0.1) is 21.8 Å². The van der Waals surface area contributed by atoms with E-state index in [4.69, 9.17) is 9.72 Å². The van der Waals surface area contributed by atoms with Crippen molar-refractivity contribution in [3.8, 4) is 0 Å². The quantitative estimate of drug-likeness (QED) is 0.173. The van der Waals surface area contributed by atoms with Crippen molar-refractivity contribution in [3.63, 3.8) is 0 Å². The zero-order valence-corrected chi connectivity index (χ0v) is 31.0. The molecule has 2 aromatic heterocycles. The predicted molar refractivity (Wildman–Crippen MR) is 212 cm³/mol. The lowest BCUT2D eigenvalue weighted by Crippen LogP contribution is -2.59. The van der Waals surface area contributed by atoms with E-state index in [1.807, 2.05) is 49.4 Å². The van der Waals surface area contributed by atoms with E-state index in [1.165, 1.54) is 17.4 Å². The topological polar surface area (TPSA) is 104 Å². The first-order chi connectivity index (χ1) is 26.2. The number of fused-ring (bicyclic) bond motifs is 1. The third-order valence-electron chi connectivity index (χ3n) is 10.6. The van der Waals surface area contributed by atoms with Crippen molar-refractivity contribution in [2.45, 2.75) is 33.1 Å². The second kappa shape index (κ2) is 14.6. The summed E-state index contributed by atoms with van der Waals surface area (Å²) in [7, 11) is 0. The fourth-order valence-corrected chi connectivity index (χ4v) is 8.46. The molecule has 5 aromatic rings. The lowest BCUT2D eigenvalue weighted by atomic mass is 9.73. The van der Waals surface area contributed by atoms with Crippen LogP contribution in [-0.2, 0) is 4.74 Å². The number of carbonyl (C=O) groups is 3. The number of aromatic nitrogens is 1. The van der Waals surface area contributed by atoms with Crippen LogP contribution in [0.15, 0.2) is 91.0 Å². The first-order valence-electron chi connectivity index (χ1n) is 18.2. The molecule has 2 saturated heterocycles. The van der Waals surface area contributed by atoms with E-state index >= 15 is 0 Å². The molecule has 274 valence electrons. The molecule has 2 N–H and O–H groups in total. The molecule has 3 amide bonds. The summed E-state index contributed by atoms with van der Waals surface area (Å²) in [5.74, 6) is -0.565. The molecule has 0 atom stereocenters. The molecule has 2 fully saturated rings. The highest BCUT2D eigenvalue weighted by Crippen LogP contribution is 2.42. The number of nitrogens with one attached hydrogen (secondary N) is 2. The van der Waals surface area contributed by atoms with Gasteiger partial charge in [-0.2, -0.15) is 0 Å². The SMILES string of the molecule is Cc1ccc(C(=O)Nc2ccc(C(=O)N3CCC(c4ccc(C(=O)Nc5c(C)cccc5F)s4)=Cc4ccccc43)cc2)c(N2CC3(CCOCC3)C2)n1. The highest BCUT2D eigenvalue weighted by Gasteiger charge is 2.45. The Morgan fingerprint density at radius 1 is 0.852 bits per heavy atom. The van der Waals surface area contributed by atoms with Gasteiger partial charge in [0.1, 0.15) is 11.6 Å². The standard InChI is InChI=1S/C43H40FN5O4S/c1-27-6-5-8-34(44)38(27)47-41(51)37-17-16-36(54-37)31-18-21-49(35-9-4-3-7-30(35)24-31)42(52)29-11-13-32(14-12-29)46-40(50)33-15-10-28(2)45-39(33)48-25-43(26-48)19-22-53-23-20-43/h3-17,24H,18-23,25-26H2,1-2H3,(H,46,50)(H,47,51). The van der Waals surface area contributed by atoms with E-state index in [9.17, 15) is 18.8 Å². The van der Waals surface area contributed by atoms with Crippen LogP contribution in [0.3, 0.4) is 0 Å². The summed E-state index contributed by atoms with van der Waals surface area (Å²) in [5, 5.41) is 5.73. The fraction of sp³-hybridized carbons (Fsp3) is 0.256. The highest BCUT2D eigenvalue weighted by atomic mass is 32.1. The number of thiophene rings is 1. The number of amides is 3. The van der Waals surface area contributed by atoms with Gasteiger partial charge in [-0.05, 0) is 117 Å². The van der Waals surface area contributed by atoms with Crippen molar-refractivity contribution in [1.29, 1.82) is 0 Å². The van der Waals surface area contributed by atoms with Crippen molar-refractivity contribution in [2.75, 3.05) is 53.3 Å². The number of ether oxygens (including phenoxy) is 1. The molecule has 0 unspecified atom stereocenters.